The maximum absolute atomic E-state index is 5.98. The maximum atomic E-state index is 5.98. The molecule has 5 heteroatoms. The van der Waals surface area contributed by atoms with E-state index in [1.54, 1.807) is 0 Å². The highest BCUT2D eigenvalue weighted by Crippen LogP contribution is 2.38. The van der Waals surface area contributed by atoms with E-state index in [-0.39, 0.29) is 0 Å². The Balaban J connectivity index is 1.22. The summed E-state index contributed by atoms with van der Waals surface area (Å²) in [6.45, 7) is 0. The highest BCUT2D eigenvalue weighted by molar-refractivity contribution is 6.06. The number of aromatic nitrogens is 4. The van der Waals surface area contributed by atoms with E-state index in [9.17, 15) is 0 Å². The predicted octanol–water partition coefficient (Wildman–Crippen LogP) is 9.50. The number of para-hydroxylation sites is 2. The van der Waals surface area contributed by atoms with Crippen molar-refractivity contribution in [2.24, 2.45) is 0 Å². The van der Waals surface area contributed by atoms with Crippen molar-refractivity contribution in [2.45, 2.75) is 0 Å². The Morgan fingerprint density at radius 3 is 1.49 bits per heavy atom. The van der Waals surface area contributed by atoms with Gasteiger partial charge in [-0.3, -0.25) is 0 Å². The van der Waals surface area contributed by atoms with Crippen LogP contribution in [0, 0.1) is 0 Å². The van der Waals surface area contributed by atoms with Crippen LogP contribution in [0.2, 0.25) is 0 Å². The zero-order chi connectivity index (χ0) is 28.6. The van der Waals surface area contributed by atoms with Crippen molar-refractivity contribution in [3.63, 3.8) is 0 Å². The maximum Gasteiger partial charge on any atom is 0.248 e. The van der Waals surface area contributed by atoms with Gasteiger partial charge >= 0.3 is 0 Å². The van der Waals surface area contributed by atoms with Gasteiger partial charge in [0.1, 0.15) is 0 Å². The van der Waals surface area contributed by atoms with Crippen molar-refractivity contribution in [1.29, 1.82) is 0 Å². The van der Waals surface area contributed by atoms with Crippen molar-refractivity contribution in [2.75, 3.05) is 0 Å². The van der Waals surface area contributed by atoms with Gasteiger partial charge in [-0.2, -0.15) is 0 Å². The number of benzene rings is 6. The smallest absolute Gasteiger partial charge is 0.248 e. The summed E-state index contributed by atoms with van der Waals surface area (Å²) in [5.41, 5.74) is 9.58. The summed E-state index contributed by atoms with van der Waals surface area (Å²) < 4.78 is 5.98. The normalized spacial score (nSPS) is 11.3. The van der Waals surface area contributed by atoms with Crippen LogP contribution < -0.4 is 0 Å². The summed E-state index contributed by atoms with van der Waals surface area (Å²) in [6, 6.07) is 49.2. The molecule has 0 fully saturated rings. The average molecular weight is 553 g/mol. The zero-order valence-corrected chi connectivity index (χ0v) is 23.1. The van der Waals surface area contributed by atoms with Crippen molar-refractivity contribution in [1.82, 2.24) is 20.2 Å². The molecule has 0 saturated carbocycles. The first-order valence-corrected chi connectivity index (χ1v) is 14.2. The van der Waals surface area contributed by atoms with Gasteiger partial charge in [0.25, 0.3) is 0 Å². The lowest BCUT2D eigenvalue weighted by atomic mass is 9.93. The van der Waals surface area contributed by atoms with Crippen molar-refractivity contribution in [3.8, 4) is 56.6 Å². The Hall–Kier alpha value is -5.94. The molecule has 0 aliphatic carbocycles. The molecule has 0 atom stereocenters. The second kappa shape index (κ2) is 10.5. The standard InChI is InChI=1S/C38H24N4O/c1-3-11-26(12-4-1)35-36(40-34-20-8-7-19-33(34)39-35)32-18-10-16-30-29(15-9-17-31(30)32)25-21-23-28(24-22-25)38-42-41-37(43-38)27-13-5-2-6-14-27/h1-24H. The largest absolute Gasteiger partial charge is 0.416 e. The van der Waals surface area contributed by atoms with E-state index in [1.807, 2.05) is 84.9 Å². The number of fused-ring (bicyclic) bond motifs is 2. The number of hydrogen-bond donors (Lipinski definition) is 0. The van der Waals surface area contributed by atoms with Crippen LogP contribution in [-0.2, 0) is 0 Å². The van der Waals surface area contributed by atoms with Crippen LogP contribution in [0.5, 0.6) is 0 Å². The average Bonchev–Trinajstić information content (AvgIpc) is 3.59. The molecule has 0 amide bonds. The van der Waals surface area contributed by atoms with E-state index in [2.05, 4.69) is 70.9 Å². The summed E-state index contributed by atoms with van der Waals surface area (Å²) >= 11 is 0. The Bertz CT molecular complexity index is 2220. The fourth-order valence-corrected chi connectivity index (χ4v) is 5.58. The van der Waals surface area contributed by atoms with E-state index in [1.165, 1.54) is 0 Å². The van der Waals surface area contributed by atoms with Crippen molar-refractivity contribution >= 4 is 21.8 Å². The third-order valence-corrected chi connectivity index (χ3v) is 7.68. The van der Waals surface area contributed by atoms with Gasteiger partial charge < -0.3 is 4.42 Å². The lowest BCUT2D eigenvalue weighted by Crippen LogP contribution is -1.96. The van der Waals surface area contributed by atoms with Gasteiger partial charge in [-0.05, 0) is 58.3 Å². The Kier molecular flexibility index (Phi) is 6.05. The highest BCUT2D eigenvalue weighted by Gasteiger charge is 2.17. The van der Waals surface area contributed by atoms with Crippen LogP contribution in [0.25, 0.3) is 78.4 Å². The van der Waals surface area contributed by atoms with Gasteiger partial charge in [-0.1, -0.05) is 109 Å². The first kappa shape index (κ1) is 24.8. The van der Waals surface area contributed by atoms with E-state index in [4.69, 9.17) is 14.4 Å². The molecule has 6 aromatic carbocycles. The summed E-state index contributed by atoms with van der Waals surface area (Å²) in [5.74, 6) is 1.00. The molecule has 2 aromatic heterocycles. The first-order valence-electron chi connectivity index (χ1n) is 14.2. The van der Waals surface area contributed by atoms with Crippen LogP contribution in [0.1, 0.15) is 0 Å². The number of rotatable bonds is 5. The van der Waals surface area contributed by atoms with Crippen LogP contribution in [0.3, 0.4) is 0 Å². The molecule has 0 bridgehead atoms. The van der Waals surface area contributed by atoms with Crippen molar-refractivity contribution in [3.05, 3.63) is 146 Å². The fraction of sp³-hybridized carbons (Fsp3) is 0. The predicted molar refractivity (Wildman–Crippen MR) is 172 cm³/mol. The molecular weight excluding hydrogens is 528 g/mol. The second-order valence-electron chi connectivity index (χ2n) is 10.3. The monoisotopic (exact) mass is 552 g/mol. The molecule has 0 aliphatic heterocycles. The minimum Gasteiger partial charge on any atom is -0.416 e. The molecule has 202 valence electrons. The van der Waals surface area contributed by atoms with E-state index in [0.29, 0.717) is 11.8 Å². The second-order valence-corrected chi connectivity index (χ2v) is 10.3. The van der Waals surface area contributed by atoms with Gasteiger partial charge in [0.05, 0.1) is 22.4 Å². The lowest BCUT2D eigenvalue weighted by molar-refractivity contribution is 0.584. The zero-order valence-electron chi connectivity index (χ0n) is 23.1. The van der Waals surface area contributed by atoms with Gasteiger partial charge in [-0.15, -0.1) is 10.2 Å². The molecule has 8 aromatic rings. The molecular formula is C38H24N4O. The molecule has 8 rings (SSSR count). The third kappa shape index (κ3) is 4.53. The van der Waals surface area contributed by atoms with Crippen LogP contribution >= 0.6 is 0 Å². The summed E-state index contributed by atoms with van der Waals surface area (Å²) in [5, 5.41) is 10.8. The summed E-state index contributed by atoms with van der Waals surface area (Å²) in [6.07, 6.45) is 0. The quantitative estimate of drug-likeness (QED) is 0.213. The summed E-state index contributed by atoms with van der Waals surface area (Å²) in [4.78, 5) is 10.2. The first-order chi connectivity index (χ1) is 21.3. The van der Waals surface area contributed by atoms with Crippen molar-refractivity contribution < 1.29 is 4.42 Å². The molecule has 0 aliphatic rings. The van der Waals surface area contributed by atoms with Gasteiger partial charge in [-0.25, -0.2) is 9.97 Å². The molecule has 43 heavy (non-hydrogen) atoms. The molecule has 0 spiro atoms. The fourth-order valence-electron chi connectivity index (χ4n) is 5.58. The molecule has 0 N–H and O–H groups in total. The Morgan fingerprint density at radius 2 is 0.837 bits per heavy atom. The molecule has 0 saturated heterocycles. The number of nitrogens with zero attached hydrogens (tertiary/aromatic N) is 4. The summed E-state index contributed by atoms with van der Waals surface area (Å²) in [7, 11) is 0. The van der Waals surface area contributed by atoms with Crippen LogP contribution in [0.4, 0.5) is 0 Å². The Morgan fingerprint density at radius 1 is 0.349 bits per heavy atom. The molecule has 2 heterocycles. The van der Waals surface area contributed by atoms with E-state index in [0.717, 1.165) is 66.6 Å². The minimum absolute atomic E-state index is 0.494. The molecule has 0 unspecified atom stereocenters. The van der Waals surface area contributed by atoms with Gasteiger partial charge in [0.15, 0.2) is 0 Å². The van der Waals surface area contributed by atoms with Gasteiger partial charge in [0.2, 0.25) is 11.8 Å². The van der Waals surface area contributed by atoms with Gasteiger partial charge in [0, 0.05) is 22.3 Å². The van der Waals surface area contributed by atoms with E-state index >= 15 is 0 Å². The van der Waals surface area contributed by atoms with Crippen LogP contribution in [-0.4, -0.2) is 20.2 Å². The third-order valence-electron chi connectivity index (χ3n) is 7.68. The molecule has 0 radical (unpaired) electrons. The SMILES string of the molecule is c1ccc(-c2nnc(-c3ccc(-c4cccc5c(-c6nc7ccccc7nc6-c6ccccc6)cccc45)cc3)o2)cc1. The molecule has 5 nitrogen and oxygen atoms in total. The minimum atomic E-state index is 0.494. The lowest BCUT2D eigenvalue weighted by Gasteiger charge is -2.14. The number of hydrogen-bond acceptors (Lipinski definition) is 5. The highest BCUT2D eigenvalue weighted by atomic mass is 16.4. The van der Waals surface area contributed by atoms with E-state index < -0.39 is 0 Å². The Labute approximate surface area is 248 Å². The van der Waals surface area contributed by atoms with Crippen LogP contribution in [0.15, 0.2) is 150 Å². The topological polar surface area (TPSA) is 64.7 Å².